The number of hydrogen-bond donors (Lipinski definition) is 3. The predicted molar refractivity (Wildman–Crippen MR) is 73.5 cm³/mol. The number of nitrogens with two attached hydrogens (primary N) is 1. The summed E-state index contributed by atoms with van der Waals surface area (Å²) in [5, 5.41) is 15.3. The van der Waals surface area contributed by atoms with Crippen molar-refractivity contribution in [2.75, 3.05) is 0 Å². The van der Waals surface area contributed by atoms with E-state index in [1.807, 2.05) is 0 Å². The van der Waals surface area contributed by atoms with Crippen LogP contribution in [0.3, 0.4) is 0 Å². The second-order valence-electron chi connectivity index (χ2n) is 4.65. The molecule has 2 atom stereocenters. The Morgan fingerprint density at radius 1 is 1.37 bits per heavy atom. The van der Waals surface area contributed by atoms with Crippen molar-refractivity contribution in [3.63, 3.8) is 0 Å². The van der Waals surface area contributed by atoms with Crippen LogP contribution < -0.4 is 11.1 Å². The van der Waals surface area contributed by atoms with Crippen molar-refractivity contribution in [2.45, 2.75) is 25.3 Å². The monoisotopic (exact) mass is 281 g/mol. The lowest BCUT2D eigenvalue weighted by Gasteiger charge is -2.19. The Bertz CT molecular complexity index is 487. The molecular weight excluding hydrogens is 266 g/mol. The van der Waals surface area contributed by atoms with Crippen LogP contribution in [0.2, 0.25) is 5.02 Å². The molecule has 0 aromatic heterocycles. The molecule has 1 aliphatic rings. The van der Waals surface area contributed by atoms with E-state index in [0.717, 1.165) is 19.3 Å². The smallest absolute Gasteiger partial charge is 0.251 e. The lowest BCUT2D eigenvalue weighted by Crippen LogP contribution is -2.42. The van der Waals surface area contributed by atoms with Crippen LogP contribution in [0.1, 0.15) is 29.6 Å². The summed E-state index contributed by atoms with van der Waals surface area (Å²) in [5.74, 6) is -0.0838. The molecule has 1 saturated carbocycles. The largest absolute Gasteiger partial charge is 0.409 e. The molecule has 0 spiro atoms. The maximum Gasteiger partial charge on any atom is 0.251 e. The van der Waals surface area contributed by atoms with Crippen molar-refractivity contribution in [1.29, 1.82) is 0 Å². The Hall–Kier alpha value is -1.75. The zero-order valence-corrected chi connectivity index (χ0v) is 11.1. The van der Waals surface area contributed by atoms with Crippen molar-refractivity contribution >= 4 is 23.3 Å². The SMILES string of the molecule is NC(=NO)C1CCCC1NC(=O)c1ccc(Cl)cc1. The number of carbonyl (C=O) groups is 1. The van der Waals surface area contributed by atoms with Gasteiger partial charge in [0.15, 0.2) is 0 Å². The molecule has 0 heterocycles. The third-order valence-electron chi connectivity index (χ3n) is 3.43. The van der Waals surface area contributed by atoms with E-state index in [1.165, 1.54) is 0 Å². The quantitative estimate of drug-likeness (QED) is 0.343. The molecule has 2 rings (SSSR count). The molecule has 1 aromatic rings. The summed E-state index contributed by atoms with van der Waals surface area (Å²) in [7, 11) is 0. The Balaban J connectivity index is 2.04. The van der Waals surface area contributed by atoms with Crippen molar-refractivity contribution in [3.05, 3.63) is 34.9 Å². The number of rotatable bonds is 3. The number of amides is 1. The Morgan fingerprint density at radius 3 is 2.68 bits per heavy atom. The van der Waals surface area contributed by atoms with Gasteiger partial charge in [0.05, 0.1) is 0 Å². The van der Waals surface area contributed by atoms with E-state index in [0.29, 0.717) is 10.6 Å². The van der Waals surface area contributed by atoms with Gasteiger partial charge in [0.1, 0.15) is 5.84 Å². The summed E-state index contributed by atoms with van der Waals surface area (Å²) in [4.78, 5) is 12.1. The van der Waals surface area contributed by atoms with Gasteiger partial charge in [0, 0.05) is 22.5 Å². The number of hydrogen-bond acceptors (Lipinski definition) is 3. The van der Waals surface area contributed by atoms with E-state index in [9.17, 15) is 4.79 Å². The van der Waals surface area contributed by atoms with Crippen LogP contribution >= 0.6 is 11.6 Å². The average molecular weight is 282 g/mol. The molecule has 0 saturated heterocycles. The van der Waals surface area contributed by atoms with Crippen LogP contribution in [0.25, 0.3) is 0 Å². The number of carbonyl (C=O) groups excluding carboxylic acids is 1. The molecule has 5 nitrogen and oxygen atoms in total. The topological polar surface area (TPSA) is 87.7 Å². The second kappa shape index (κ2) is 5.93. The van der Waals surface area contributed by atoms with Gasteiger partial charge in [-0.25, -0.2) is 0 Å². The zero-order chi connectivity index (χ0) is 13.8. The Labute approximate surface area is 116 Å². The molecule has 4 N–H and O–H groups in total. The summed E-state index contributed by atoms with van der Waals surface area (Å²) in [6.07, 6.45) is 2.61. The molecule has 1 amide bonds. The molecule has 0 radical (unpaired) electrons. The minimum absolute atomic E-state index is 0.0842. The number of benzene rings is 1. The molecule has 0 aliphatic heterocycles. The molecule has 19 heavy (non-hydrogen) atoms. The summed E-state index contributed by atoms with van der Waals surface area (Å²) in [6, 6.07) is 6.60. The van der Waals surface area contributed by atoms with Crippen LogP contribution in [0.15, 0.2) is 29.4 Å². The maximum atomic E-state index is 12.1. The molecule has 2 unspecified atom stereocenters. The maximum absolute atomic E-state index is 12.1. The highest BCUT2D eigenvalue weighted by Gasteiger charge is 2.31. The highest BCUT2D eigenvalue weighted by atomic mass is 35.5. The van der Waals surface area contributed by atoms with Crippen LogP contribution in [-0.2, 0) is 0 Å². The number of nitrogens with zero attached hydrogens (tertiary/aromatic N) is 1. The minimum Gasteiger partial charge on any atom is -0.409 e. The highest BCUT2D eigenvalue weighted by molar-refractivity contribution is 6.30. The summed E-state index contributed by atoms with van der Waals surface area (Å²) >= 11 is 5.78. The van der Waals surface area contributed by atoms with Gasteiger partial charge in [-0.3, -0.25) is 4.79 Å². The van der Waals surface area contributed by atoms with Crippen LogP contribution in [-0.4, -0.2) is 23.0 Å². The van der Waals surface area contributed by atoms with E-state index in [1.54, 1.807) is 24.3 Å². The van der Waals surface area contributed by atoms with E-state index < -0.39 is 0 Å². The summed E-state index contributed by atoms with van der Waals surface area (Å²) in [5.41, 5.74) is 6.18. The van der Waals surface area contributed by atoms with Crippen molar-refractivity contribution in [3.8, 4) is 0 Å². The van der Waals surface area contributed by atoms with Crippen LogP contribution in [0.4, 0.5) is 0 Å². The molecule has 1 aliphatic carbocycles. The molecule has 1 aromatic carbocycles. The number of nitrogens with one attached hydrogen (secondary N) is 1. The average Bonchev–Trinajstić information content (AvgIpc) is 2.86. The zero-order valence-electron chi connectivity index (χ0n) is 10.3. The lowest BCUT2D eigenvalue weighted by molar-refractivity contribution is 0.0933. The summed E-state index contributed by atoms with van der Waals surface area (Å²) in [6.45, 7) is 0. The molecule has 102 valence electrons. The molecule has 0 bridgehead atoms. The predicted octanol–water partition coefficient (Wildman–Crippen LogP) is 1.98. The van der Waals surface area contributed by atoms with Crippen LogP contribution in [0.5, 0.6) is 0 Å². The normalized spacial score (nSPS) is 23.3. The van der Waals surface area contributed by atoms with Gasteiger partial charge >= 0.3 is 0 Å². The second-order valence-corrected chi connectivity index (χ2v) is 5.09. The van der Waals surface area contributed by atoms with Gasteiger partial charge in [-0.15, -0.1) is 0 Å². The third-order valence-corrected chi connectivity index (χ3v) is 3.69. The lowest BCUT2D eigenvalue weighted by atomic mass is 10.0. The first-order valence-corrected chi connectivity index (χ1v) is 6.53. The minimum atomic E-state index is -0.167. The standard InChI is InChI=1S/C13H16ClN3O2/c14-9-6-4-8(5-7-9)13(18)16-11-3-1-2-10(11)12(15)17-19/h4-7,10-11,19H,1-3H2,(H2,15,17)(H,16,18). The van der Waals surface area contributed by atoms with Gasteiger partial charge in [-0.05, 0) is 37.1 Å². The number of amidine groups is 1. The van der Waals surface area contributed by atoms with E-state index in [2.05, 4.69) is 10.5 Å². The van der Waals surface area contributed by atoms with Gasteiger partial charge < -0.3 is 16.3 Å². The van der Waals surface area contributed by atoms with Crippen molar-refractivity contribution in [1.82, 2.24) is 5.32 Å². The van der Waals surface area contributed by atoms with E-state index >= 15 is 0 Å². The first kappa shape index (κ1) is 13.7. The number of oxime groups is 1. The van der Waals surface area contributed by atoms with Crippen molar-refractivity contribution in [2.24, 2.45) is 16.8 Å². The van der Waals surface area contributed by atoms with E-state index in [-0.39, 0.29) is 23.7 Å². The molecule has 1 fully saturated rings. The van der Waals surface area contributed by atoms with Crippen LogP contribution in [0, 0.1) is 5.92 Å². The fraction of sp³-hybridized carbons (Fsp3) is 0.385. The fourth-order valence-electron chi connectivity index (χ4n) is 2.41. The first-order chi connectivity index (χ1) is 9.11. The number of halogens is 1. The molecular formula is C13H16ClN3O2. The first-order valence-electron chi connectivity index (χ1n) is 6.15. The van der Waals surface area contributed by atoms with Gasteiger partial charge in [0.2, 0.25) is 0 Å². The Kier molecular flexibility index (Phi) is 4.27. The van der Waals surface area contributed by atoms with Gasteiger partial charge in [-0.1, -0.05) is 23.2 Å². The van der Waals surface area contributed by atoms with Gasteiger partial charge in [-0.2, -0.15) is 0 Å². The highest BCUT2D eigenvalue weighted by Crippen LogP contribution is 2.26. The third kappa shape index (κ3) is 3.17. The molecule has 6 heteroatoms. The summed E-state index contributed by atoms with van der Waals surface area (Å²) < 4.78 is 0. The van der Waals surface area contributed by atoms with Gasteiger partial charge in [0.25, 0.3) is 5.91 Å². The Morgan fingerprint density at radius 2 is 2.05 bits per heavy atom. The van der Waals surface area contributed by atoms with Crippen molar-refractivity contribution < 1.29 is 10.0 Å². The fourth-order valence-corrected chi connectivity index (χ4v) is 2.54. The van der Waals surface area contributed by atoms with E-state index in [4.69, 9.17) is 22.5 Å².